The first-order chi connectivity index (χ1) is 10.1. The topological polar surface area (TPSA) is 59.6 Å². The number of hydrogen-bond acceptors (Lipinski definition) is 4. The molecule has 0 aliphatic heterocycles. The Morgan fingerprint density at radius 2 is 1.95 bits per heavy atom. The van der Waals surface area contributed by atoms with Crippen LogP contribution in [0.1, 0.15) is 31.1 Å². The predicted octanol–water partition coefficient (Wildman–Crippen LogP) is 2.49. The summed E-state index contributed by atoms with van der Waals surface area (Å²) in [5, 5.41) is 6.01. The van der Waals surface area contributed by atoms with E-state index < -0.39 is 0 Å². The van der Waals surface area contributed by atoms with Gasteiger partial charge in [0.2, 0.25) is 0 Å². The molecule has 22 heavy (non-hydrogen) atoms. The average Bonchev–Trinajstić information content (AvgIpc) is 2.49. The van der Waals surface area contributed by atoms with Crippen molar-refractivity contribution in [2.24, 2.45) is 5.92 Å². The fraction of sp³-hybridized carbons (Fsp3) is 0.562. The van der Waals surface area contributed by atoms with E-state index in [0.29, 0.717) is 36.1 Å². The molecule has 0 spiro atoms. The Morgan fingerprint density at radius 3 is 2.55 bits per heavy atom. The van der Waals surface area contributed by atoms with Gasteiger partial charge in [0.05, 0.1) is 13.7 Å². The van der Waals surface area contributed by atoms with E-state index in [1.54, 1.807) is 25.3 Å². The molecule has 0 atom stereocenters. The number of hydrogen-bond donors (Lipinski definition) is 2. The van der Waals surface area contributed by atoms with Gasteiger partial charge in [0.25, 0.3) is 5.91 Å². The highest BCUT2D eigenvalue weighted by Gasteiger charge is 2.11. The molecule has 0 heterocycles. The van der Waals surface area contributed by atoms with E-state index in [9.17, 15) is 4.79 Å². The zero-order valence-electron chi connectivity index (χ0n) is 13.8. The van der Waals surface area contributed by atoms with Crippen molar-refractivity contribution in [3.8, 4) is 11.5 Å². The Labute approximate surface area is 139 Å². The first-order valence-electron chi connectivity index (χ1n) is 7.38. The van der Waals surface area contributed by atoms with Gasteiger partial charge in [0, 0.05) is 18.7 Å². The normalized spacial score (nSPS) is 10.0. The highest BCUT2D eigenvalue weighted by Crippen LogP contribution is 2.28. The fourth-order valence-corrected chi connectivity index (χ4v) is 1.73. The van der Waals surface area contributed by atoms with Crippen molar-refractivity contribution in [3.05, 3.63) is 23.8 Å². The third kappa shape index (κ3) is 7.00. The first kappa shape index (κ1) is 20.5. The van der Waals surface area contributed by atoms with Gasteiger partial charge in [-0.1, -0.05) is 20.8 Å². The van der Waals surface area contributed by atoms with Crippen molar-refractivity contribution in [1.29, 1.82) is 0 Å². The van der Waals surface area contributed by atoms with Gasteiger partial charge < -0.3 is 20.1 Å². The molecule has 1 amide bonds. The van der Waals surface area contributed by atoms with E-state index in [1.807, 2.05) is 6.92 Å². The zero-order valence-corrected chi connectivity index (χ0v) is 14.6. The summed E-state index contributed by atoms with van der Waals surface area (Å²) in [7, 11) is 1.57. The molecule has 5 nitrogen and oxygen atoms in total. The monoisotopic (exact) mass is 330 g/mol. The summed E-state index contributed by atoms with van der Waals surface area (Å²) in [6.07, 6.45) is 0. The van der Waals surface area contributed by atoms with Crippen molar-refractivity contribution < 1.29 is 14.3 Å². The number of halogens is 1. The lowest BCUT2D eigenvalue weighted by molar-refractivity contribution is 0.0953. The smallest absolute Gasteiger partial charge is 0.251 e. The first-order valence-corrected chi connectivity index (χ1v) is 7.38. The van der Waals surface area contributed by atoms with Crippen LogP contribution in [-0.4, -0.2) is 39.3 Å². The number of likely N-dealkylation sites (N-methyl/N-ethyl adjacent to an activating group) is 1. The van der Waals surface area contributed by atoms with E-state index >= 15 is 0 Å². The van der Waals surface area contributed by atoms with Crippen molar-refractivity contribution in [2.75, 3.05) is 33.4 Å². The molecule has 1 aromatic carbocycles. The van der Waals surface area contributed by atoms with Gasteiger partial charge in [-0.3, -0.25) is 4.79 Å². The van der Waals surface area contributed by atoms with Crippen molar-refractivity contribution >= 4 is 18.3 Å². The molecular formula is C16H27ClN2O3. The maximum atomic E-state index is 12.0. The van der Waals surface area contributed by atoms with Crippen LogP contribution in [0.2, 0.25) is 0 Å². The van der Waals surface area contributed by atoms with Crippen LogP contribution in [0.25, 0.3) is 0 Å². The molecule has 1 rings (SSSR count). The molecule has 2 N–H and O–H groups in total. The van der Waals surface area contributed by atoms with Gasteiger partial charge in [0.1, 0.15) is 0 Å². The molecule has 0 bridgehead atoms. The quantitative estimate of drug-likeness (QED) is 0.683. The van der Waals surface area contributed by atoms with Gasteiger partial charge in [-0.05, 0) is 30.7 Å². The molecule has 6 heteroatoms. The summed E-state index contributed by atoms with van der Waals surface area (Å²) in [4.78, 5) is 12.0. The molecule has 0 aliphatic rings. The molecule has 0 aliphatic carbocycles. The van der Waals surface area contributed by atoms with Gasteiger partial charge in [-0.15, -0.1) is 12.4 Å². The minimum absolute atomic E-state index is 0. The lowest BCUT2D eigenvalue weighted by atomic mass is 10.2. The lowest BCUT2D eigenvalue weighted by Gasteiger charge is -2.13. The summed E-state index contributed by atoms with van der Waals surface area (Å²) in [6, 6.07) is 5.24. The number of rotatable bonds is 9. The maximum Gasteiger partial charge on any atom is 0.251 e. The van der Waals surface area contributed by atoms with Gasteiger partial charge in [-0.2, -0.15) is 0 Å². The second kappa shape index (κ2) is 11.2. The maximum absolute atomic E-state index is 12.0. The number of methoxy groups -OCH3 is 1. The van der Waals surface area contributed by atoms with Crippen molar-refractivity contribution in [2.45, 2.75) is 20.8 Å². The van der Waals surface area contributed by atoms with Crippen LogP contribution in [0.4, 0.5) is 0 Å². The highest BCUT2D eigenvalue weighted by atomic mass is 35.5. The summed E-state index contributed by atoms with van der Waals surface area (Å²) < 4.78 is 11.0. The van der Waals surface area contributed by atoms with Crippen molar-refractivity contribution in [1.82, 2.24) is 10.6 Å². The van der Waals surface area contributed by atoms with Gasteiger partial charge in [0.15, 0.2) is 11.5 Å². The molecule has 0 saturated carbocycles. The number of nitrogens with one attached hydrogen (secondary N) is 2. The highest BCUT2D eigenvalue weighted by molar-refractivity contribution is 5.94. The standard InChI is InChI=1S/C16H26N2O3.ClH/c1-5-17-8-9-18-16(19)13-6-7-14(15(10-13)20-4)21-11-12(2)3;/h6-7,10,12,17H,5,8-9,11H2,1-4H3,(H,18,19);1H. The van der Waals surface area contributed by atoms with E-state index in [1.165, 1.54) is 0 Å². The molecule has 0 fully saturated rings. The average molecular weight is 331 g/mol. The van der Waals surface area contributed by atoms with Crippen LogP contribution in [0.5, 0.6) is 11.5 Å². The molecule has 0 saturated heterocycles. The van der Waals surface area contributed by atoms with E-state index in [4.69, 9.17) is 9.47 Å². The number of carbonyl (C=O) groups is 1. The second-order valence-electron chi connectivity index (χ2n) is 5.18. The van der Waals surface area contributed by atoms with E-state index in [-0.39, 0.29) is 18.3 Å². The minimum Gasteiger partial charge on any atom is -0.493 e. The third-order valence-electron chi connectivity index (χ3n) is 2.84. The largest absolute Gasteiger partial charge is 0.493 e. The molecule has 0 unspecified atom stereocenters. The molecular weight excluding hydrogens is 304 g/mol. The minimum atomic E-state index is -0.110. The summed E-state index contributed by atoms with van der Waals surface area (Å²) in [6.45, 7) is 9.06. The molecule has 126 valence electrons. The summed E-state index contributed by atoms with van der Waals surface area (Å²) >= 11 is 0. The Bertz CT molecular complexity index is 453. The second-order valence-corrected chi connectivity index (χ2v) is 5.18. The Kier molecular flexibility index (Phi) is 10.4. The van der Waals surface area contributed by atoms with Crippen LogP contribution >= 0.6 is 12.4 Å². The Hall–Kier alpha value is -1.46. The van der Waals surface area contributed by atoms with E-state index in [0.717, 1.165) is 13.1 Å². The molecule has 1 aromatic rings. The van der Waals surface area contributed by atoms with Crippen LogP contribution in [-0.2, 0) is 0 Å². The number of amides is 1. The summed E-state index contributed by atoms with van der Waals surface area (Å²) in [5.41, 5.74) is 0.570. The SMILES string of the molecule is CCNCCNC(=O)c1ccc(OCC(C)C)c(OC)c1.Cl. The Balaban J connectivity index is 0.00000441. The fourth-order valence-electron chi connectivity index (χ4n) is 1.73. The van der Waals surface area contributed by atoms with Crippen molar-refractivity contribution in [3.63, 3.8) is 0 Å². The third-order valence-corrected chi connectivity index (χ3v) is 2.84. The van der Waals surface area contributed by atoms with Crippen LogP contribution in [0, 0.1) is 5.92 Å². The number of ether oxygens (including phenoxy) is 2. The predicted molar refractivity (Wildman–Crippen MR) is 91.5 cm³/mol. The van der Waals surface area contributed by atoms with E-state index in [2.05, 4.69) is 24.5 Å². The van der Waals surface area contributed by atoms with Gasteiger partial charge in [-0.25, -0.2) is 0 Å². The number of benzene rings is 1. The van der Waals surface area contributed by atoms with Gasteiger partial charge >= 0.3 is 0 Å². The number of carbonyl (C=O) groups excluding carboxylic acids is 1. The molecule has 0 radical (unpaired) electrons. The Morgan fingerprint density at radius 1 is 1.23 bits per heavy atom. The summed E-state index contributed by atoms with van der Waals surface area (Å²) in [5.74, 6) is 1.57. The van der Waals surface area contributed by atoms with Crippen LogP contribution in [0.15, 0.2) is 18.2 Å². The molecule has 0 aromatic heterocycles. The zero-order chi connectivity index (χ0) is 15.7. The van der Waals surface area contributed by atoms with Crippen LogP contribution < -0.4 is 20.1 Å². The lowest BCUT2D eigenvalue weighted by Crippen LogP contribution is -2.31. The van der Waals surface area contributed by atoms with Crippen LogP contribution in [0.3, 0.4) is 0 Å².